The summed E-state index contributed by atoms with van der Waals surface area (Å²) in [4.78, 5) is 0. The third-order valence-corrected chi connectivity index (χ3v) is 2.92. The minimum Gasteiger partial charge on any atom is -0.352 e. The molecule has 0 atom stereocenters. The van der Waals surface area contributed by atoms with Crippen molar-refractivity contribution in [1.82, 2.24) is 9.88 Å². The average Bonchev–Trinajstić information content (AvgIpc) is 2.46. The van der Waals surface area contributed by atoms with Crippen molar-refractivity contribution in [3.05, 3.63) is 35.2 Å². The molecule has 84 valence electrons. The summed E-state index contributed by atoms with van der Waals surface area (Å²) in [6.45, 7) is 8.42. The van der Waals surface area contributed by atoms with Crippen LogP contribution in [0.1, 0.15) is 30.3 Å². The number of rotatable bonds is 5. The molecular formula is C13H22N2. The largest absolute Gasteiger partial charge is 0.352 e. The van der Waals surface area contributed by atoms with E-state index in [1.165, 1.54) is 17.0 Å². The molecule has 0 radical (unpaired) electrons. The molecule has 1 aromatic heterocycles. The van der Waals surface area contributed by atoms with Gasteiger partial charge in [0.2, 0.25) is 0 Å². The first-order valence-electron chi connectivity index (χ1n) is 5.60. The normalized spacial score (nSPS) is 11.5. The van der Waals surface area contributed by atoms with Crippen molar-refractivity contribution in [2.75, 3.05) is 6.54 Å². The Morgan fingerprint density at radius 1 is 1.40 bits per heavy atom. The molecule has 15 heavy (non-hydrogen) atoms. The van der Waals surface area contributed by atoms with E-state index in [0.717, 1.165) is 19.5 Å². The Morgan fingerprint density at radius 3 is 2.67 bits per heavy atom. The van der Waals surface area contributed by atoms with Gasteiger partial charge in [0, 0.05) is 25.0 Å². The first-order chi connectivity index (χ1) is 7.16. The van der Waals surface area contributed by atoms with Gasteiger partial charge in [-0.25, -0.2) is 0 Å². The van der Waals surface area contributed by atoms with Gasteiger partial charge in [-0.3, -0.25) is 0 Å². The second-order valence-corrected chi connectivity index (χ2v) is 3.99. The lowest BCUT2D eigenvalue weighted by atomic mass is 10.2. The van der Waals surface area contributed by atoms with Crippen LogP contribution >= 0.6 is 0 Å². The van der Waals surface area contributed by atoms with Gasteiger partial charge in [-0.05, 0) is 45.4 Å². The van der Waals surface area contributed by atoms with Crippen LogP contribution < -0.4 is 5.32 Å². The molecule has 2 heteroatoms. The lowest BCUT2D eigenvalue weighted by Crippen LogP contribution is -2.14. The Kier molecular flexibility index (Phi) is 4.63. The van der Waals surface area contributed by atoms with E-state index in [2.05, 4.69) is 55.9 Å². The van der Waals surface area contributed by atoms with E-state index < -0.39 is 0 Å². The number of hydrogen-bond donors (Lipinski definition) is 1. The molecule has 2 nitrogen and oxygen atoms in total. The van der Waals surface area contributed by atoms with Crippen LogP contribution in [0.25, 0.3) is 0 Å². The Balaban J connectivity index is 2.41. The Labute approximate surface area is 93.0 Å². The molecule has 1 rings (SSSR count). The summed E-state index contributed by atoms with van der Waals surface area (Å²) in [7, 11) is 2.12. The standard InChI is InChI=1S/C13H22N2/c1-5-6-7-8-14-10-13-9-11(2)15(4)12(13)3/h5-6,9,14H,7-8,10H2,1-4H3/b6-5+. The van der Waals surface area contributed by atoms with Gasteiger partial charge in [0.1, 0.15) is 0 Å². The van der Waals surface area contributed by atoms with Gasteiger partial charge in [0.05, 0.1) is 0 Å². The Hall–Kier alpha value is -1.02. The highest BCUT2D eigenvalue weighted by Crippen LogP contribution is 2.12. The molecular weight excluding hydrogens is 184 g/mol. The van der Waals surface area contributed by atoms with Crippen LogP contribution in [0.5, 0.6) is 0 Å². The maximum absolute atomic E-state index is 3.45. The average molecular weight is 206 g/mol. The van der Waals surface area contributed by atoms with E-state index >= 15 is 0 Å². The molecule has 0 spiro atoms. The van der Waals surface area contributed by atoms with E-state index in [0.29, 0.717) is 0 Å². The van der Waals surface area contributed by atoms with E-state index in [4.69, 9.17) is 0 Å². The van der Waals surface area contributed by atoms with Gasteiger partial charge < -0.3 is 9.88 Å². The molecule has 0 aliphatic rings. The highest BCUT2D eigenvalue weighted by Gasteiger charge is 2.04. The van der Waals surface area contributed by atoms with Gasteiger partial charge in [0.25, 0.3) is 0 Å². The molecule has 0 unspecified atom stereocenters. The second kappa shape index (κ2) is 5.76. The molecule has 0 bridgehead atoms. The molecule has 0 saturated heterocycles. The topological polar surface area (TPSA) is 17.0 Å². The number of aromatic nitrogens is 1. The minimum absolute atomic E-state index is 0.977. The SMILES string of the molecule is C/C=C/CCNCc1cc(C)n(C)c1C. The van der Waals surface area contributed by atoms with E-state index in [1.54, 1.807) is 0 Å². The molecule has 0 fully saturated rings. The summed E-state index contributed by atoms with van der Waals surface area (Å²) in [5.74, 6) is 0. The molecule has 0 amide bonds. The summed E-state index contributed by atoms with van der Waals surface area (Å²) < 4.78 is 2.24. The highest BCUT2D eigenvalue weighted by molar-refractivity contribution is 5.26. The fraction of sp³-hybridized carbons (Fsp3) is 0.538. The van der Waals surface area contributed by atoms with Crippen molar-refractivity contribution < 1.29 is 0 Å². The van der Waals surface area contributed by atoms with Gasteiger partial charge in [0.15, 0.2) is 0 Å². The maximum atomic E-state index is 3.45. The van der Waals surface area contributed by atoms with Crippen LogP contribution in [0.2, 0.25) is 0 Å². The maximum Gasteiger partial charge on any atom is 0.0223 e. The van der Waals surface area contributed by atoms with Gasteiger partial charge in [-0.1, -0.05) is 12.2 Å². The molecule has 0 aromatic carbocycles. The van der Waals surface area contributed by atoms with Crippen molar-refractivity contribution in [3.63, 3.8) is 0 Å². The van der Waals surface area contributed by atoms with Crippen molar-refractivity contribution in [2.24, 2.45) is 7.05 Å². The summed E-state index contributed by atoms with van der Waals surface area (Å²) in [6, 6.07) is 2.26. The lowest BCUT2D eigenvalue weighted by molar-refractivity contribution is 0.689. The molecule has 0 saturated carbocycles. The van der Waals surface area contributed by atoms with Crippen LogP contribution in [-0.4, -0.2) is 11.1 Å². The fourth-order valence-electron chi connectivity index (χ4n) is 1.69. The fourth-order valence-corrected chi connectivity index (χ4v) is 1.69. The van der Waals surface area contributed by atoms with Crippen molar-refractivity contribution in [2.45, 2.75) is 33.7 Å². The van der Waals surface area contributed by atoms with Crippen molar-refractivity contribution in [3.8, 4) is 0 Å². The third-order valence-electron chi connectivity index (χ3n) is 2.92. The zero-order valence-corrected chi connectivity index (χ0v) is 10.3. The second-order valence-electron chi connectivity index (χ2n) is 3.99. The smallest absolute Gasteiger partial charge is 0.0223 e. The summed E-state index contributed by atoms with van der Waals surface area (Å²) in [6.07, 6.45) is 5.40. The summed E-state index contributed by atoms with van der Waals surface area (Å²) in [5, 5.41) is 3.45. The van der Waals surface area contributed by atoms with Crippen molar-refractivity contribution in [1.29, 1.82) is 0 Å². The Morgan fingerprint density at radius 2 is 2.13 bits per heavy atom. The third kappa shape index (κ3) is 3.24. The Bertz CT molecular complexity index is 335. The van der Waals surface area contributed by atoms with Crippen LogP contribution in [0, 0.1) is 13.8 Å². The zero-order chi connectivity index (χ0) is 11.3. The molecule has 1 heterocycles. The molecule has 1 aromatic rings. The molecule has 1 N–H and O–H groups in total. The summed E-state index contributed by atoms with van der Waals surface area (Å²) >= 11 is 0. The zero-order valence-electron chi connectivity index (χ0n) is 10.3. The van der Waals surface area contributed by atoms with Crippen molar-refractivity contribution >= 4 is 0 Å². The number of nitrogens with zero attached hydrogens (tertiary/aromatic N) is 1. The summed E-state index contributed by atoms with van der Waals surface area (Å²) in [5.41, 5.74) is 4.11. The van der Waals surface area contributed by atoms with Crippen LogP contribution in [-0.2, 0) is 13.6 Å². The minimum atomic E-state index is 0.977. The van der Waals surface area contributed by atoms with Gasteiger partial charge in [-0.2, -0.15) is 0 Å². The molecule has 0 aliphatic heterocycles. The van der Waals surface area contributed by atoms with E-state index in [-0.39, 0.29) is 0 Å². The predicted octanol–water partition coefficient (Wildman–Crippen LogP) is 2.70. The van der Waals surface area contributed by atoms with Gasteiger partial charge in [-0.15, -0.1) is 0 Å². The molecule has 0 aliphatic carbocycles. The monoisotopic (exact) mass is 206 g/mol. The first kappa shape index (κ1) is 12.1. The number of hydrogen-bond acceptors (Lipinski definition) is 1. The van der Waals surface area contributed by atoms with Crippen LogP contribution in [0.3, 0.4) is 0 Å². The van der Waals surface area contributed by atoms with Crippen LogP contribution in [0.15, 0.2) is 18.2 Å². The number of allylic oxidation sites excluding steroid dienone is 1. The van der Waals surface area contributed by atoms with Gasteiger partial charge >= 0.3 is 0 Å². The lowest BCUT2D eigenvalue weighted by Gasteiger charge is -2.03. The van der Waals surface area contributed by atoms with E-state index in [1.807, 2.05) is 0 Å². The number of aryl methyl sites for hydroxylation is 1. The predicted molar refractivity (Wildman–Crippen MR) is 66.0 cm³/mol. The first-order valence-corrected chi connectivity index (χ1v) is 5.60. The highest BCUT2D eigenvalue weighted by atomic mass is 15.0. The number of nitrogens with one attached hydrogen (secondary N) is 1. The van der Waals surface area contributed by atoms with Crippen LogP contribution in [0.4, 0.5) is 0 Å². The van der Waals surface area contributed by atoms with E-state index in [9.17, 15) is 0 Å². The quantitative estimate of drug-likeness (QED) is 0.579.